The molecule has 2 atom stereocenters. The van der Waals surface area contributed by atoms with E-state index >= 15 is 0 Å². The molecular formula is C16H19NOS. The molecule has 0 saturated carbocycles. The van der Waals surface area contributed by atoms with Crippen LogP contribution in [0.1, 0.15) is 24.3 Å². The number of ether oxygens (including phenoxy) is 1. The van der Waals surface area contributed by atoms with Crippen molar-refractivity contribution in [3.8, 4) is 5.75 Å². The van der Waals surface area contributed by atoms with Crippen molar-refractivity contribution in [2.75, 3.05) is 12.9 Å². The van der Waals surface area contributed by atoms with Crippen molar-refractivity contribution < 1.29 is 4.74 Å². The number of rotatable bonds is 3. The first-order valence-electron chi connectivity index (χ1n) is 6.76. The zero-order valence-electron chi connectivity index (χ0n) is 11.3. The summed E-state index contributed by atoms with van der Waals surface area (Å²) in [6, 6.07) is 13.4. The van der Waals surface area contributed by atoms with E-state index in [9.17, 15) is 0 Å². The van der Waals surface area contributed by atoms with Crippen LogP contribution < -0.4 is 10.1 Å². The molecule has 1 aliphatic heterocycles. The number of hydrogen-bond acceptors (Lipinski definition) is 3. The molecule has 2 nitrogen and oxygen atoms in total. The summed E-state index contributed by atoms with van der Waals surface area (Å²) in [5.41, 5.74) is 1.29. The van der Waals surface area contributed by atoms with Gasteiger partial charge >= 0.3 is 0 Å². The predicted molar refractivity (Wildman–Crippen MR) is 82.9 cm³/mol. The van der Waals surface area contributed by atoms with Crippen LogP contribution in [0, 0.1) is 0 Å². The van der Waals surface area contributed by atoms with Gasteiger partial charge in [-0.15, -0.1) is 11.8 Å². The Kier molecular flexibility index (Phi) is 3.67. The number of nitrogens with one attached hydrogen (secondary N) is 1. The molecule has 19 heavy (non-hydrogen) atoms. The lowest BCUT2D eigenvalue weighted by Gasteiger charge is -2.18. The van der Waals surface area contributed by atoms with Gasteiger partial charge in [-0.3, -0.25) is 5.32 Å². The van der Waals surface area contributed by atoms with Gasteiger partial charge in [0.1, 0.15) is 5.75 Å². The number of fused-ring (bicyclic) bond motifs is 1. The minimum Gasteiger partial charge on any atom is -0.496 e. The van der Waals surface area contributed by atoms with Crippen molar-refractivity contribution >= 4 is 22.5 Å². The highest BCUT2D eigenvalue weighted by Crippen LogP contribution is 2.41. The highest BCUT2D eigenvalue weighted by molar-refractivity contribution is 7.99. The van der Waals surface area contributed by atoms with Gasteiger partial charge in [0.25, 0.3) is 0 Å². The van der Waals surface area contributed by atoms with E-state index in [0.29, 0.717) is 11.4 Å². The van der Waals surface area contributed by atoms with Gasteiger partial charge in [-0.05, 0) is 23.3 Å². The van der Waals surface area contributed by atoms with Crippen LogP contribution in [0.3, 0.4) is 0 Å². The third-order valence-corrected chi connectivity index (χ3v) is 5.06. The molecule has 1 heterocycles. The van der Waals surface area contributed by atoms with Crippen LogP contribution in [0.5, 0.6) is 5.75 Å². The van der Waals surface area contributed by atoms with E-state index in [4.69, 9.17) is 4.74 Å². The molecule has 2 aromatic carbocycles. The smallest absolute Gasteiger partial charge is 0.125 e. The molecule has 2 unspecified atom stereocenters. The Morgan fingerprint density at radius 2 is 2.11 bits per heavy atom. The topological polar surface area (TPSA) is 21.3 Å². The summed E-state index contributed by atoms with van der Waals surface area (Å²) in [4.78, 5) is 0. The Labute approximate surface area is 118 Å². The van der Waals surface area contributed by atoms with E-state index in [1.54, 1.807) is 7.11 Å². The SMILES string of the molecule is CCC1CSC(c2c(OC)ccc3ccccc23)N1. The maximum absolute atomic E-state index is 5.58. The molecule has 2 aromatic rings. The normalized spacial score (nSPS) is 22.8. The molecule has 1 fully saturated rings. The lowest BCUT2D eigenvalue weighted by molar-refractivity contribution is 0.407. The van der Waals surface area contributed by atoms with Crippen molar-refractivity contribution in [2.45, 2.75) is 24.8 Å². The molecule has 0 spiro atoms. The fourth-order valence-electron chi connectivity index (χ4n) is 2.65. The van der Waals surface area contributed by atoms with Crippen LogP contribution in [0.25, 0.3) is 10.8 Å². The van der Waals surface area contributed by atoms with E-state index in [1.165, 1.54) is 28.5 Å². The Balaban J connectivity index is 2.10. The summed E-state index contributed by atoms with van der Waals surface area (Å²) in [5.74, 6) is 2.16. The summed E-state index contributed by atoms with van der Waals surface area (Å²) in [7, 11) is 1.75. The van der Waals surface area contributed by atoms with Crippen molar-refractivity contribution in [3.05, 3.63) is 42.0 Å². The lowest BCUT2D eigenvalue weighted by Crippen LogP contribution is -2.25. The second kappa shape index (κ2) is 5.43. The molecule has 3 heteroatoms. The number of benzene rings is 2. The second-order valence-corrected chi connectivity index (χ2v) is 6.03. The van der Waals surface area contributed by atoms with Crippen LogP contribution in [-0.2, 0) is 0 Å². The first-order chi connectivity index (χ1) is 9.33. The minimum atomic E-state index is 0.339. The first kappa shape index (κ1) is 12.8. The summed E-state index contributed by atoms with van der Waals surface area (Å²) >= 11 is 1.98. The van der Waals surface area contributed by atoms with Crippen LogP contribution in [0.2, 0.25) is 0 Å². The number of hydrogen-bond donors (Lipinski definition) is 1. The molecule has 1 saturated heterocycles. The van der Waals surface area contributed by atoms with Crippen molar-refractivity contribution in [1.82, 2.24) is 5.32 Å². The molecule has 0 radical (unpaired) electrons. The molecule has 100 valence electrons. The number of thioether (sulfide) groups is 1. The Morgan fingerprint density at radius 1 is 1.26 bits per heavy atom. The average molecular weight is 273 g/mol. The fourth-order valence-corrected chi connectivity index (χ4v) is 4.10. The lowest BCUT2D eigenvalue weighted by atomic mass is 10.0. The van der Waals surface area contributed by atoms with E-state index in [1.807, 2.05) is 11.8 Å². The maximum atomic E-state index is 5.58. The zero-order chi connectivity index (χ0) is 13.2. The van der Waals surface area contributed by atoms with Crippen LogP contribution in [0.4, 0.5) is 0 Å². The van der Waals surface area contributed by atoms with Gasteiger partial charge in [-0.1, -0.05) is 37.3 Å². The third-order valence-electron chi connectivity index (χ3n) is 3.76. The predicted octanol–water partition coefficient (Wildman–Crippen LogP) is 3.96. The Bertz CT molecular complexity index is 584. The zero-order valence-corrected chi connectivity index (χ0v) is 12.2. The summed E-state index contributed by atoms with van der Waals surface area (Å²) in [5, 5.41) is 6.62. The van der Waals surface area contributed by atoms with Gasteiger partial charge in [-0.2, -0.15) is 0 Å². The Morgan fingerprint density at radius 3 is 2.84 bits per heavy atom. The number of methoxy groups -OCH3 is 1. The molecule has 0 aliphatic carbocycles. The summed E-state index contributed by atoms with van der Waals surface area (Å²) in [6.07, 6.45) is 1.18. The first-order valence-corrected chi connectivity index (χ1v) is 7.81. The van der Waals surface area contributed by atoms with Gasteiger partial charge in [-0.25, -0.2) is 0 Å². The van der Waals surface area contributed by atoms with Gasteiger partial charge < -0.3 is 4.74 Å². The van der Waals surface area contributed by atoms with Gasteiger partial charge in [0, 0.05) is 17.4 Å². The molecule has 1 aliphatic rings. The average Bonchev–Trinajstić information content (AvgIpc) is 2.94. The molecular weight excluding hydrogens is 254 g/mol. The van der Waals surface area contributed by atoms with Crippen molar-refractivity contribution in [3.63, 3.8) is 0 Å². The molecule has 0 bridgehead atoms. The highest BCUT2D eigenvalue weighted by Gasteiger charge is 2.27. The van der Waals surface area contributed by atoms with Crippen molar-refractivity contribution in [2.24, 2.45) is 0 Å². The van der Waals surface area contributed by atoms with Gasteiger partial charge in [0.2, 0.25) is 0 Å². The molecule has 0 amide bonds. The van der Waals surface area contributed by atoms with E-state index in [-0.39, 0.29) is 0 Å². The second-order valence-electron chi connectivity index (χ2n) is 4.89. The monoisotopic (exact) mass is 273 g/mol. The van der Waals surface area contributed by atoms with Crippen LogP contribution in [0.15, 0.2) is 36.4 Å². The standard InChI is InChI=1S/C16H19NOS/c1-3-12-10-19-16(17-12)15-13-7-5-4-6-11(13)8-9-14(15)18-2/h4-9,12,16-17H,3,10H2,1-2H3. The van der Waals surface area contributed by atoms with E-state index < -0.39 is 0 Å². The maximum Gasteiger partial charge on any atom is 0.125 e. The summed E-state index contributed by atoms with van der Waals surface area (Å²) < 4.78 is 5.58. The van der Waals surface area contributed by atoms with E-state index in [0.717, 1.165) is 5.75 Å². The fraction of sp³-hybridized carbons (Fsp3) is 0.375. The molecule has 3 rings (SSSR count). The molecule has 0 aromatic heterocycles. The quantitative estimate of drug-likeness (QED) is 0.914. The van der Waals surface area contributed by atoms with Crippen LogP contribution in [-0.4, -0.2) is 18.9 Å². The largest absolute Gasteiger partial charge is 0.496 e. The Hall–Kier alpha value is -1.19. The van der Waals surface area contributed by atoms with Crippen molar-refractivity contribution in [1.29, 1.82) is 0 Å². The van der Waals surface area contributed by atoms with E-state index in [2.05, 4.69) is 48.6 Å². The van der Waals surface area contributed by atoms with Gasteiger partial charge in [0.05, 0.1) is 12.5 Å². The highest BCUT2D eigenvalue weighted by atomic mass is 32.2. The van der Waals surface area contributed by atoms with Gasteiger partial charge in [0.15, 0.2) is 0 Å². The third kappa shape index (κ3) is 2.33. The van der Waals surface area contributed by atoms with Crippen LogP contribution >= 0.6 is 11.8 Å². The molecule has 1 N–H and O–H groups in total. The minimum absolute atomic E-state index is 0.339. The summed E-state index contributed by atoms with van der Waals surface area (Å²) in [6.45, 7) is 2.24.